The first-order valence-electron chi connectivity index (χ1n) is 11.9. The van der Waals surface area contributed by atoms with Gasteiger partial charge in [0.2, 0.25) is 0 Å². The van der Waals surface area contributed by atoms with Gasteiger partial charge in [-0.1, -0.05) is 12.1 Å². The number of ether oxygens (including phenoxy) is 2. The normalized spacial score (nSPS) is 10.9. The van der Waals surface area contributed by atoms with Crippen LogP contribution >= 0.6 is 0 Å². The summed E-state index contributed by atoms with van der Waals surface area (Å²) < 4.78 is 12.9. The van der Waals surface area contributed by atoms with Crippen molar-refractivity contribution in [2.24, 2.45) is 0 Å². The van der Waals surface area contributed by atoms with Crippen molar-refractivity contribution >= 4 is 11.4 Å². The minimum Gasteiger partial charge on any atom is -0.457 e. The Morgan fingerprint density at radius 2 is 0.857 bits per heavy atom. The first-order chi connectivity index (χ1) is 16.6. The third-order valence-corrected chi connectivity index (χ3v) is 6.93. The Balaban J connectivity index is 1.80. The van der Waals surface area contributed by atoms with Crippen LogP contribution in [0.2, 0.25) is 0 Å². The van der Waals surface area contributed by atoms with Crippen LogP contribution in [0, 0.1) is 41.5 Å². The van der Waals surface area contributed by atoms with E-state index in [1.165, 1.54) is 22.3 Å². The second-order valence-corrected chi connectivity index (χ2v) is 9.38. The summed E-state index contributed by atoms with van der Waals surface area (Å²) in [6.45, 7) is 12.8. The molecule has 0 bridgehead atoms. The van der Waals surface area contributed by atoms with Crippen LogP contribution in [0.5, 0.6) is 23.0 Å². The van der Waals surface area contributed by atoms with E-state index in [0.717, 1.165) is 45.3 Å². The van der Waals surface area contributed by atoms with E-state index in [9.17, 15) is 0 Å². The van der Waals surface area contributed by atoms with Gasteiger partial charge in [0, 0.05) is 17.8 Å². The van der Waals surface area contributed by atoms with Gasteiger partial charge in [-0.05, 0) is 135 Å². The molecule has 0 unspecified atom stereocenters. The summed E-state index contributed by atoms with van der Waals surface area (Å²) in [4.78, 5) is 0. The van der Waals surface area contributed by atoms with Gasteiger partial charge in [-0.2, -0.15) is 0 Å². The number of benzene rings is 4. The fraction of sp³-hybridized carbons (Fsp3) is 0.226. The van der Waals surface area contributed by atoms with Crippen molar-refractivity contribution in [2.45, 2.75) is 48.0 Å². The number of aryl methyl sites for hydroxylation is 2. The zero-order valence-electron chi connectivity index (χ0n) is 21.5. The lowest BCUT2D eigenvalue weighted by Crippen LogP contribution is -2.04. The molecule has 4 nitrogen and oxygen atoms in total. The largest absolute Gasteiger partial charge is 0.457 e. The Hall–Kier alpha value is -3.92. The van der Waals surface area contributed by atoms with E-state index in [-0.39, 0.29) is 0 Å². The van der Waals surface area contributed by atoms with E-state index in [1.807, 2.05) is 48.5 Å². The van der Waals surface area contributed by atoms with Crippen molar-refractivity contribution in [2.75, 3.05) is 11.5 Å². The predicted octanol–water partition coefficient (Wildman–Crippen LogP) is 7.88. The van der Waals surface area contributed by atoms with Gasteiger partial charge >= 0.3 is 0 Å². The summed E-state index contributed by atoms with van der Waals surface area (Å²) in [5.74, 6) is 3.29. The van der Waals surface area contributed by atoms with Crippen LogP contribution in [0.25, 0.3) is 0 Å². The van der Waals surface area contributed by atoms with E-state index in [0.29, 0.717) is 17.8 Å². The molecule has 4 aromatic rings. The molecule has 0 saturated heterocycles. The van der Waals surface area contributed by atoms with E-state index in [2.05, 4.69) is 53.7 Å². The minimum absolute atomic E-state index is 0.679. The van der Waals surface area contributed by atoms with Crippen LogP contribution in [-0.2, 0) is 6.42 Å². The highest BCUT2D eigenvalue weighted by atomic mass is 16.5. The van der Waals surface area contributed by atoms with Crippen molar-refractivity contribution in [3.8, 4) is 23.0 Å². The molecule has 0 spiro atoms. The molecule has 0 amide bonds. The van der Waals surface area contributed by atoms with Crippen molar-refractivity contribution in [3.63, 3.8) is 0 Å². The molecule has 0 aromatic heterocycles. The number of hydrogen-bond donors (Lipinski definition) is 2. The zero-order valence-corrected chi connectivity index (χ0v) is 21.5. The van der Waals surface area contributed by atoms with Gasteiger partial charge in [0.1, 0.15) is 23.0 Å². The molecule has 0 fully saturated rings. The minimum atomic E-state index is 0.679. The summed E-state index contributed by atoms with van der Waals surface area (Å²) in [5.41, 5.74) is 22.6. The predicted molar refractivity (Wildman–Crippen MR) is 146 cm³/mol. The third kappa shape index (κ3) is 5.12. The molecule has 4 rings (SSSR count). The highest BCUT2D eigenvalue weighted by Gasteiger charge is 2.19. The van der Waals surface area contributed by atoms with Gasteiger partial charge in [-0.3, -0.25) is 0 Å². The maximum absolute atomic E-state index is 6.45. The zero-order chi connectivity index (χ0) is 25.3. The number of nitrogen functional groups attached to an aromatic ring is 2. The van der Waals surface area contributed by atoms with Crippen LogP contribution in [0.3, 0.4) is 0 Å². The van der Waals surface area contributed by atoms with E-state index in [4.69, 9.17) is 20.9 Å². The molecule has 0 heterocycles. The van der Waals surface area contributed by atoms with Crippen molar-refractivity contribution in [1.82, 2.24) is 0 Å². The van der Waals surface area contributed by atoms with Crippen molar-refractivity contribution < 1.29 is 9.47 Å². The number of rotatable bonds is 6. The van der Waals surface area contributed by atoms with Gasteiger partial charge in [0.15, 0.2) is 0 Å². The fourth-order valence-electron chi connectivity index (χ4n) is 4.34. The van der Waals surface area contributed by atoms with Crippen LogP contribution in [0.15, 0.2) is 60.7 Å². The van der Waals surface area contributed by atoms with E-state index in [1.54, 1.807) is 0 Å². The number of hydrogen-bond acceptors (Lipinski definition) is 4. The summed E-state index contributed by atoms with van der Waals surface area (Å²) >= 11 is 0. The summed E-state index contributed by atoms with van der Waals surface area (Å²) in [6.07, 6.45) is 0.679. The molecule has 4 N–H and O–H groups in total. The van der Waals surface area contributed by atoms with Gasteiger partial charge in [-0.25, -0.2) is 0 Å². The maximum Gasteiger partial charge on any atom is 0.134 e. The lowest BCUT2D eigenvalue weighted by molar-refractivity contribution is 0.466. The van der Waals surface area contributed by atoms with Crippen molar-refractivity contribution in [3.05, 3.63) is 105 Å². The van der Waals surface area contributed by atoms with Crippen LogP contribution in [0.1, 0.15) is 44.5 Å². The fourth-order valence-corrected chi connectivity index (χ4v) is 4.34. The van der Waals surface area contributed by atoms with E-state index < -0.39 is 0 Å². The first-order valence-corrected chi connectivity index (χ1v) is 11.9. The summed E-state index contributed by atoms with van der Waals surface area (Å²) in [6, 6.07) is 19.5. The topological polar surface area (TPSA) is 70.5 Å². The third-order valence-electron chi connectivity index (χ3n) is 6.93. The molecule has 35 heavy (non-hydrogen) atoms. The lowest BCUT2D eigenvalue weighted by atomic mass is 9.91. The molecule has 0 atom stereocenters. The second kappa shape index (κ2) is 9.75. The van der Waals surface area contributed by atoms with Gasteiger partial charge in [0.25, 0.3) is 0 Å². The monoisotopic (exact) mass is 466 g/mol. The van der Waals surface area contributed by atoms with Crippen LogP contribution in [0.4, 0.5) is 11.4 Å². The maximum atomic E-state index is 6.45. The Labute approximate surface area is 208 Å². The smallest absolute Gasteiger partial charge is 0.134 e. The molecule has 0 aliphatic rings. The number of nitrogens with two attached hydrogens (primary N) is 2. The van der Waals surface area contributed by atoms with Gasteiger partial charge in [-0.15, -0.1) is 0 Å². The SMILES string of the molecule is Cc1cc(Cc2cc(C)c(C)c(C)c2Oc2ccc(N)cc2)c(Oc2ccc(N)cc2)c(C)c1C. The molecular weight excluding hydrogens is 432 g/mol. The second-order valence-electron chi connectivity index (χ2n) is 9.38. The quantitative estimate of drug-likeness (QED) is 0.284. The average Bonchev–Trinajstić information content (AvgIpc) is 2.83. The van der Waals surface area contributed by atoms with Gasteiger partial charge < -0.3 is 20.9 Å². The molecule has 0 aliphatic heterocycles. The lowest BCUT2D eigenvalue weighted by Gasteiger charge is -2.21. The molecule has 4 heteroatoms. The molecule has 4 aromatic carbocycles. The van der Waals surface area contributed by atoms with E-state index >= 15 is 0 Å². The molecule has 180 valence electrons. The van der Waals surface area contributed by atoms with Crippen molar-refractivity contribution in [1.29, 1.82) is 0 Å². The Morgan fingerprint density at radius 1 is 0.514 bits per heavy atom. The standard InChI is InChI=1S/C31H34N2O2/c1-18-15-24(30(22(5)20(18)3)34-28-11-7-26(32)8-12-28)17-25-16-19(2)21(4)23(6)31(25)35-29-13-9-27(33)10-14-29/h7-16H,17,32-33H2,1-6H3. The molecule has 0 saturated carbocycles. The Bertz CT molecular complexity index is 1260. The average molecular weight is 467 g/mol. The molecule has 0 aliphatic carbocycles. The molecular formula is C31H34N2O2. The van der Waals surface area contributed by atoms with Gasteiger partial charge in [0.05, 0.1) is 0 Å². The highest BCUT2D eigenvalue weighted by Crippen LogP contribution is 2.39. The highest BCUT2D eigenvalue weighted by molar-refractivity contribution is 5.57. The number of anilines is 2. The Morgan fingerprint density at radius 3 is 1.20 bits per heavy atom. The first kappa shape index (κ1) is 24.2. The van der Waals surface area contributed by atoms with Crippen LogP contribution in [-0.4, -0.2) is 0 Å². The Kier molecular flexibility index (Phi) is 6.74. The summed E-state index contributed by atoms with van der Waals surface area (Å²) in [5, 5.41) is 0. The van der Waals surface area contributed by atoms with Crippen LogP contribution < -0.4 is 20.9 Å². The molecule has 0 radical (unpaired) electrons. The summed E-state index contributed by atoms with van der Waals surface area (Å²) in [7, 11) is 0.